The average Bonchev–Trinajstić information content (AvgIpc) is 3.19. The van der Waals surface area contributed by atoms with E-state index in [1.54, 1.807) is 0 Å². The zero-order valence-corrected chi connectivity index (χ0v) is 15.4. The van der Waals surface area contributed by atoms with E-state index in [9.17, 15) is 15.0 Å². The van der Waals surface area contributed by atoms with Crippen LogP contribution in [0, 0.1) is 34.5 Å². The molecular weight excluding hydrogens is 320 g/mol. The van der Waals surface area contributed by atoms with Gasteiger partial charge < -0.3 is 19.7 Å². The normalized spacial score (nSPS) is 52.6. The topological polar surface area (TPSA) is 76.0 Å². The maximum Gasteiger partial charge on any atom is 0.309 e. The minimum atomic E-state index is -0.441. The lowest BCUT2D eigenvalue weighted by atomic mass is 9.43. The van der Waals surface area contributed by atoms with Crippen LogP contribution in [0.25, 0.3) is 0 Å². The minimum Gasteiger partial charge on any atom is -0.465 e. The first-order valence-corrected chi connectivity index (χ1v) is 9.99. The number of carbonyl (C=O) groups excluding carboxylic acids is 1. The van der Waals surface area contributed by atoms with Gasteiger partial charge in [-0.1, -0.05) is 13.8 Å². The molecule has 1 spiro atoms. The predicted octanol–water partition coefficient (Wildman–Crippen LogP) is 2.14. The largest absolute Gasteiger partial charge is 0.465 e. The quantitative estimate of drug-likeness (QED) is 0.761. The first-order chi connectivity index (χ1) is 11.9. The van der Waals surface area contributed by atoms with Gasteiger partial charge in [-0.2, -0.15) is 0 Å². The van der Waals surface area contributed by atoms with Gasteiger partial charge in [0.15, 0.2) is 0 Å². The van der Waals surface area contributed by atoms with Crippen LogP contribution in [0.3, 0.4) is 0 Å². The summed E-state index contributed by atoms with van der Waals surface area (Å²) in [4.78, 5) is 12.3. The molecule has 2 heterocycles. The zero-order chi connectivity index (χ0) is 17.8. The fraction of sp³-hybridized carbons (Fsp3) is 0.950. The van der Waals surface area contributed by atoms with Gasteiger partial charge in [0, 0.05) is 24.5 Å². The van der Waals surface area contributed by atoms with Gasteiger partial charge in [0.1, 0.15) is 0 Å². The lowest BCUT2D eigenvalue weighted by Gasteiger charge is -2.61. The Morgan fingerprint density at radius 2 is 2.00 bits per heavy atom. The molecule has 0 aromatic rings. The van der Waals surface area contributed by atoms with Crippen molar-refractivity contribution in [3.8, 4) is 0 Å². The third kappa shape index (κ3) is 2.57. The van der Waals surface area contributed by atoms with Crippen LogP contribution in [0.1, 0.15) is 52.4 Å². The molecule has 0 amide bonds. The maximum absolute atomic E-state index is 12.3. The van der Waals surface area contributed by atoms with Gasteiger partial charge in [-0.15, -0.1) is 0 Å². The van der Waals surface area contributed by atoms with Crippen molar-refractivity contribution in [2.24, 2.45) is 34.5 Å². The van der Waals surface area contributed by atoms with E-state index in [0.717, 1.165) is 32.5 Å². The molecule has 0 aromatic carbocycles. The van der Waals surface area contributed by atoms with Crippen molar-refractivity contribution < 1.29 is 24.5 Å². The summed E-state index contributed by atoms with van der Waals surface area (Å²) in [6.07, 6.45) is 4.20. The highest BCUT2D eigenvalue weighted by molar-refractivity contribution is 5.76. The molecular formula is C20H32O5. The molecule has 4 fully saturated rings. The predicted molar refractivity (Wildman–Crippen MR) is 91.7 cm³/mol. The zero-order valence-electron chi connectivity index (χ0n) is 15.4. The van der Waals surface area contributed by atoms with E-state index in [4.69, 9.17) is 9.47 Å². The van der Waals surface area contributed by atoms with Crippen LogP contribution in [0.2, 0.25) is 0 Å². The molecule has 4 rings (SSSR count). The van der Waals surface area contributed by atoms with Crippen molar-refractivity contribution in [3.63, 3.8) is 0 Å². The highest BCUT2D eigenvalue weighted by Gasteiger charge is 2.67. The van der Waals surface area contributed by atoms with Gasteiger partial charge in [-0.3, -0.25) is 4.79 Å². The van der Waals surface area contributed by atoms with E-state index in [2.05, 4.69) is 13.8 Å². The highest BCUT2D eigenvalue weighted by Crippen LogP contribution is 2.65. The van der Waals surface area contributed by atoms with Crippen molar-refractivity contribution in [3.05, 3.63) is 0 Å². The number of ether oxygens (including phenoxy) is 2. The van der Waals surface area contributed by atoms with E-state index >= 15 is 0 Å². The number of rotatable bonds is 3. The van der Waals surface area contributed by atoms with Crippen LogP contribution >= 0.6 is 0 Å². The van der Waals surface area contributed by atoms with E-state index in [-0.39, 0.29) is 34.6 Å². The van der Waals surface area contributed by atoms with Crippen molar-refractivity contribution in [1.82, 2.24) is 0 Å². The van der Waals surface area contributed by atoms with Crippen LogP contribution in [0.15, 0.2) is 0 Å². The number of hydrogen-bond acceptors (Lipinski definition) is 5. The standard InChI is InChI=1S/C20H32O5/c1-12-16(22)9-20-11-25-18(23)14(20)3-4-15(21)17(20)19(12,2)7-5-13-6-8-24-10-13/h12-17,21-22H,3-11H2,1-2H3/t12-,13-,14+,15-,16-,17-,19+,20-/m1/s1. The van der Waals surface area contributed by atoms with Gasteiger partial charge in [-0.25, -0.2) is 0 Å². The lowest BCUT2D eigenvalue weighted by Crippen LogP contribution is -2.63. The summed E-state index contributed by atoms with van der Waals surface area (Å²) in [5.74, 6) is 0.430. The van der Waals surface area contributed by atoms with Gasteiger partial charge in [0.2, 0.25) is 0 Å². The summed E-state index contributed by atoms with van der Waals surface area (Å²) in [7, 11) is 0. The Labute approximate surface area is 150 Å². The third-order valence-corrected chi connectivity index (χ3v) is 8.25. The van der Waals surface area contributed by atoms with Crippen molar-refractivity contribution in [2.75, 3.05) is 19.8 Å². The summed E-state index contributed by atoms with van der Waals surface area (Å²) in [6, 6.07) is 0. The molecule has 0 bridgehead atoms. The molecule has 0 aromatic heterocycles. The molecule has 2 aliphatic heterocycles. The summed E-state index contributed by atoms with van der Waals surface area (Å²) in [5.41, 5.74) is -0.575. The molecule has 2 saturated carbocycles. The van der Waals surface area contributed by atoms with Crippen LogP contribution in [0.5, 0.6) is 0 Å². The Bertz CT molecular complexity index is 530. The summed E-state index contributed by atoms with van der Waals surface area (Å²) in [6.45, 7) is 6.40. The summed E-state index contributed by atoms with van der Waals surface area (Å²) >= 11 is 0. The van der Waals surface area contributed by atoms with E-state index in [1.807, 2.05) is 0 Å². The fourth-order valence-electron chi connectivity index (χ4n) is 6.66. The second kappa shape index (κ2) is 6.21. The van der Waals surface area contributed by atoms with Crippen LogP contribution in [0.4, 0.5) is 0 Å². The minimum absolute atomic E-state index is 0.0194. The Morgan fingerprint density at radius 1 is 1.20 bits per heavy atom. The van der Waals surface area contributed by atoms with Crippen LogP contribution < -0.4 is 0 Å². The molecule has 4 aliphatic rings. The monoisotopic (exact) mass is 352 g/mol. The second-order valence-corrected chi connectivity index (χ2v) is 9.35. The van der Waals surface area contributed by atoms with Crippen molar-refractivity contribution in [2.45, 2.75) is 64.6 Å². The van der Waals surface area contributed by atoms with Crippen LogP contribution in [-0.4, -0.2) is 48.2 Å². The molecule has 2 aliphatic carbocycles. The van der Waals surface area contributed by atoms with E-state index in [0.29, 0.717) is 31.8 Å². The number of cyclic esters (lactones) is 1. The summed E-state index contributed by atoms with van der Waals surface area (Å²) in [5, 5.41) is 21.9. The number of aliphatic hydroxyl groups excluding tert-OH is 2. The molecule has 8 atom stereocenters. The first kappa shape index (κ1) is 17.7. The van der Waals surface area contributed by atoms with E-state index in [1.165, 1.54) is 0 Å². The Morgan fingerprint density at radius 3 is 2.72 bits per heavy atom. The Balaban J connectivity index is 1.66. The number of carbonyl (C=O) groups is 1. The third-order valence-electron chi connectivity index (χ3n) is 8.25. The van der Waals surface area contributed by atoms with Crippen molar-refractivity contribution >= 4 is 5.97 Å². The molecule has 2 saturated heterocycles. The Hall–Kier alpha value is -0.650. The molecule has 0 unspecified atom stereocenters. The van der Waals surface area contributed by atoms with Gasteiger partial charge in [0.25, 0.3) is 0 Å². The first-order valence-electron chi connectivity index (χ1n) is 9.99. The van der Waals surface area contributed by atoms with E-state index < -0.39 is 12.2 Å². The SMILES string of the molecule is C[C@@H]1[C@H](O)C[C@@]23COC(=O)[C@@H]2CC[C@@H](O)[C@@H]3[C@@]1(C)CC[C@@H]1CCOC1. The molecule has 0 radical (unpaired) electrons. The lowest BCUT2D eigenvalue weighted by molar-refractivity contribution is -0.198. The van der Waals surface area contributed by atoms with Crippen LogP contribution in [-0.2, 0) is 14.3 Å². The summed E-state index contributed by atoms with van der Waals surface area (Å²) < 4.78 is 11.0. The molecule has 5 nitrogen and oxygen atoms in total. The molecule has 5 heteroatoms. The fourth-order valence-corrected chi connectivity index (χ4v) is 6.66. The smallest absolute Gasteiger partial charge is 0.309 e. The number of esters is 1. The van der Waals surface area contributed by atoms with Gasteiger partial charge >= 0.3 is 5.97 Å². The number of hydrogen-bond donors (Lipinski definition) is 2. The second-order valence-electron chi connectivity index (χ2n) is 9.35. The Kier molecular flexibility index (Phi) is 4.41. The molecule has 25 heavy (non-hydrogen) atoms. The molecule has 2 N–H and O–H groups in total. The number of aliphatic hydroxyl groups is 2. The van der Waals surface area contributed by atoms with Gasteiger partial charge in [0.05, 0.1) is 24.7 Å². The van der Waals surface area contributed by atoms with Crippen molar-refractivity contribution in [1.29, 1.82) is 0 Å². The molecule has 142 valence electrons. The maximum atomic E-state index is 12.3. The van der Waals surface area contributed by atoms with Gasteiger partial charge in [-0.05, 0) is 55.8 Å². The average molecular weight is 352 g/mol. The highest BCUT2D eigenvalue weighted by atomic mass is 16.5.